The molecular weight excluding hydrogens is 286 g/mol. The van der Waals surface area contributed by atoms with Crippen LogP contribution in [0.15, 0.2) is 48.5 Å². The van der Waals surface area contributed by atoms with E-state index in [9.17, 15) is 9.59 Å². The van der Waals surface area contributed by atoms with Crippen molar-refractivity contribution in [2.24, 2.45) is 0 Å². The monoisotopic (exact) mass is 301 g/mol. The number of hydrogen-bond acceptors (Lipinski definition) is 3. The molecule has 0 aliphatic carbocycles. The Kier molecular flexibility index (Phi) is 4.90. The number of carboxylic acids is 1. The second-order valence-electron chi connectivity index (χ2n) is 4.44. The van der Waals surface area contributed by atoms with Crippen LogP contribution in [0.1, 0.15) is 9.75 Å². The van der Waals surface area contributed by atoms with Crippen LogP contribution in [-0.2, 0) is 9.59 Å². The summed E-state index contributed by atoms with van der Waals surface area (Å²) in [5.41, 5.74) is 0.567. The van der Waals surface area contributed by atoms with Gasteiger partial charge in [0, 0.05) is 21.5 Å². The lowest BCUT2D eigenvalue weighted by Crippen LogP contribution is -2.34. The number of para-hydroxylation sites is 1. The highest BCUT2D eigenvalue weighted by molar-refractivity contribution is 7.12. The number of rotatable bonds is 5. The molecule has 0 unspecified atom stereocenters. The average molecular weight is 301 g/mol. The molecule has 1 N–H and O–H groups in total. The molecule has 0 aliphatic rings. The van der Waals surface area contributed by atoms with Crippen LogP contribution in [0, 0.1) is 6.92 Å². The highest BCUT2D eigenvalue weighted by Gasteiger charge is 2.16. The van der Waals surface area contributed by atoms with E-state index in [0.29, 0.717) is 5.69 Å². The number of amides is 1. The van der Waals surface area contributed by atoms with Crippen molar-refractivity contribution in [3.8, 4) is 0 Å². The molecular formula is C16H15NO3S. The number of anilines is 1. The van der Waals surface area contributed by atoms with E-state index >= 15 is 0 Å². The molecule has 1 aromatic heterocycles. The maximum absolute atomic E-state index is 12.2. The largest absolute Gasteiger partial charge is 0.480 e. The van der Waals surface area contributed by atoms with Crippen LogP contribution in [0.2, 0.25) is 0 Å². The van der Waals surface area contributed by atoms with Crippen LogP contribution >= 0.6 is 11.3 Å². The first-order valence-corrected chi connectivity index (χ1v) is 7.21. The molecule has 0 radical (unpaired) electrons. The molecule has 0 atom stereocenters. The summed E-state index contributed by atoms with van der Waals surface area (Å²) >= 11 is 1.58. The Bertz CT molecular complexity index is 661. The van der Waals surface area contributed by atoms with E-state index in [-0.39, 0.29) is 12.5 Å². The second-order valence-corrected chi connectivity index (χ2v) is 5.75. The number of carbonyl (C=O) groups is 2. The molecule has 2 rings (SSSR count). The molecule has 108 valence electrons. The first kappa shape index (κ1) is 15.0. The van der Waals surface area contributed by atoms with E-state index in [2.05, 4.69) is 0 Å². The minimum Gasteiger partial charge on any atom is -0.480 e. The quantitative estimate of drug-likeness (QED) is 0.863. The van der Waals surface area contributed by atoms with Gasteiger partial charge in [-0.1, -0.05) is 18.2 Å². The maximum Gasteiger partial charge on any atom is 0.323 e. The number of thiophene rings is 1. The first-order valence-electron chi connectivity index (χ1n) is 6.39. The third-order valence-corrected chi connectivity index (χ3v) is 3.74. The van der Waals surface area contributed by atoms with E-state index in [1.165, 1.54) is 11.0 Å². The van der Waals surface area contributed by atoms with Crippen molar-refractivity contribution in [1.29, 1.82) is 0 Å². The van der Waals surface area contributed by atoms with Crippen molar-refractivity contribution >= 4 is 35.0 Å². The molecule has 0 fully saturated rings. The topological polar surface area (TPSA) is 57.6 Å². The molecule has 2 aromatic rings. The highest BCUT2D eigenvalue weighted by atomic mass is 32.1. The molecule has 0 aliphatic heterocycles. The number of hydrogen-bond donors (Lipinski definition) is 1. The van der Waals surface area contributed by atoms with Crippen molar-refractivity contribution < 1.29 is 14.7 Å². The van der Waals surface area contributed by atoms with Crippen molar-refractivity contribution in [1.82, 2.24) is 0 Å². The summed E-state index contributed by atoms with van der Waals surface area (Å²) < 4.78 is 0. The zero-order chi connectivity index (χ0) is 15.2. The summed E-state index contributed by atoms with van der Waals surface area (Å²) in [4.78, 5) is 26.5. The van der Waals surface area contributed by atoms with Gasteiger partial charge in [0.15, 0.2) is 0 Å². The summed E-state index contributed by atoms with van der Waals surface area (Å²) in [6, 6.07) is 12.7. The van der Waals surface area contributed by atoms with Gasteiger partial charge in [0.2, 0.25) is 0 Å². The Hall–Kier alpha value is -2.40. The lowest BCUT2D eigenvalue weighted by molar-refractivity contribution is -0.136. The van der Waals surface area contributed by atoms with Gasteiger partial charge in [0.05, 0.1) is 0 Å². The van der Waals surface area contributed by atoms with Crippen LogP contribution in [-0.4, -0.2) is 23.5 Å². The van der Waals surface area contributed by atoms with Crippen LogP contribution in [0.25, 0.3) is 6.08 Å². The van der Waals surface area contributed by atoms with Gasteiger partial charge >= 0.3 is 5.97 Å². The Balaban J connectivity index is 2.18. The second kappa shape index (κ2) is 6.85. The Morgan fingerprint density at radius 3 is 2.48 bits per heavy atom. The smallest absolute Gasteiger partial charge is 0.323 e. The number of benzene rings is 1. The van der Waals surface area contributed by atoms with Gasteiger partial charge in [-0.25, -0.2) is 0 Å². The van der Waals surface area contributed by atoms with Crippen molar-refractivity contribution in [3.63, 3.8) is 0 Å². The Morgan fingerprint density at radius 2 is 1.90 bits per heavy atom. The number of aliphatic carboxylic acids is 1. The van der Waals surface area contributed by atoms with Crippen molar-refractivity contribution in [3.05, 3.63) is 58.3 Å². The molecule has 1 heterocycles. The fraction of sp³-hybridized carbons (Fsp3) is 0.125. The normalized spacial score (nSPS) is 10.7. The van der Waals surface area contributed by atoms with E-state index in [4.69, 9.17) is 5.11 Å². The van der Waals surface area contributed by atoms with Gasteiger partial charge < -0.3 is 5.11 Å². The predicted octanol–water partition coefficient (Wildman–Crippen LogP) is 3.19. The number of carbonyl (C=O) groups excluding carboxylic acids is 1. The lowest BCUT2D eigenvalue weighted by atomic mass is 10.2. The first-order chi connectivity index (χ1) is 10.1. The minimum atomic E-state index is -1.05. The molecule has 0 saturated carbocycles. The van der Waals surface area contributed by atoms with E-state index < -0.39 is 5.97 Å². The Labute approximate surface area is 127 Å². The molecule has 0 saturated heterocycles. The summed E-state index contributed by atoms with van der Waals surface area (Å²) in [6.45, 7) is 1.63. The number of aryl methyl sites for hydroxylation is 1. The lowest BCUT2D eigenvalue weighted by Gasteiger charge is -2.18. The van der Waals surface area contributed by atoms with E-state index in [1.54, 1.807) is 41.7 Å². The Morgan fingerprint density at radius 1 is 1.19 bits per heavy atom. The molecule has 5 heteroatoms. The number of nitrogens with zero attached hydrogens (tertiary/aromatic N) is 1. The fourth-order valence-corrected chi connectivity index (χ4v) is 2.61. The summed E-state index contributed by atoms with van der Waals surface area (Å²) in [6.07, 6.45) is 3.11. The standard InChI is InChI=1S/C16H15NO3S/c1-12-7-8-14(21-12)9-10-15(18)17(11-16(19)20)13-5-3-2-4-6-13/h2-10H,11H2,1H3,(H,19,20)/b10-9+. The van der Waals surface area contributed by atoms with Gasteiger partial charge in [-0.2, -0.15) is 0 Å². The van der Waals surface area contributed by atoms with E-state index in [0.717, 1.165) is 9.75 Å². The maximum atomic E-state index is 12.2. The predicted molar refractivity (Wildman–Crippen MR) is 84.5 cm³/mol. The summed E-state index contributed by atoms with van der Waals surface area (Å²) in [5.74, 6) is -1.40. The zero-order valence-corrected chi connectivity index (χ0v) is 12.3. The third-order valence-electron chi connectivity index (χ3n) is 2.78. The molecule has 21 heavy (non-hydrogen) atoms. The van der Waals surface area contributed by atoms with Crippen molar-refractivity contribution in [2.45, 2.75) is 6.92 Å². The summed E-state index contributed by atoms with van der Waals surface area (Å²) in [7, 11) is 0. The molecule has 1 amide bonds. The van der Waals surface area contributed by atoms with Crippen molar-refractivity contribution in [2.75, 3.05) is 11.4 Å². The zero-order valence-electron chi connectivity index (χ0n) is 11.5. The van der Waals surface area contributed by atoms with Crippen LogP contribution in [0.4, 0.5) is 5.69 Å². The van der Waals surface area contributed by atoms with E-state index in [1.807, 2.05) is 25.1 Å². The molecule has 0 spiro atoms. The van der Waals surface area contributed by atoms with Crippen LogP contribution in [0.5, 0.6) is 0 Å². The SMILES string of the molecule is Cc1ccc(/C=C/C(=O)N(CC(=O)O)c2ccccc2)s1. The average Bonchev–Trinajstić information content (AvgIpc) is 2.88. The third kappa shape index (κ3) is 4.29. The molecule has 1 aromatic carbocycles. The fourth-order valence-electron chi connectivity index (χ4n) is 1.83. The molecule has 0 bridgehead atoms. The van der Waals surface area contributed by atoms with Gasteiger partial charge in [-0.3, -0.25) is 14.5 Å². The van der Waals surface area contributed by atoms with Gasteiger partial charge in [0.1, 0.15) is 6.54 Å². The van der Waals surface area contributed by atoms with Crippen LogP contribution < -0.4 is 4.90 Å². The van der Waals surface area contributed by atoms with Gasteiger partial charge in [0.25, 0.3) is 5.91 Å². The van der Waals surface area contributed by atoms with Crippen LogP contribution in [0.3, 0.4) is 0 Å². The summed E-state index contributed by atoms with van der Waals surface area (Å²) in [5, 5.41) is 8.97. The number of carboxylic acid groups (broad SMARTS) is 1. The van der Waals surface area contributed by atoms with Gasteiger partial charge in [-0.05, 0) is 37.3 Å². The highest BCUT2D eigenvalue weighted by Crippen LogP contribution is 2.18. The minimum absolute atomic E-state index is 0.352. The molecule has 4 nitrogen and oxygen atoms in total. The van der Waals surface area contributed by atoms with Gasteiger partial charge in [-0.15, -0.1) is 11.3 Å².